The molecule has 5 N–H and O–H groups in total. The third-order valence-corrected chi connectivity index (χ3v) is 3.83. The number of nitrogens with two attached hydrogens (primary N) is 2. The van der Waals surface area contributed by atoms with Gasteiger partial charge < -0.3 is 16.4 Å². The van der Waals surface area contributed by atoms with Crippen LogP contribution in [0.25, 0.3) is 11.3 Å². The average molecular weight is 316 g/mol. The van der Waals surface area contributed by atoms with Crippen molar-refractivity contribution in [2.24, 2.45) is 16.5 Å². The Morgan fingerprint density at radius 3 is 2.95 bits per heavy atom. The lowest BCUT2D eigenvalue weighted by molar-refractivity contribution is 0.798. The van der Waals surface area contributed by atoms with Gasteiger partial charge in [0.15, 0.2) is 5.96 Å². The van der Waals surface area contributed by atoms with Crippen LogP contribution in [0.5, 0.6) is 0 Å². The number of aromatic nitrogens is 1. The van der Waals surface area contributed by atoms with Crippen molar-refractivity contribution in [3.8, 4) is 11.3 Å². The number of hydrogen-bond acceptors (Lipinski definition) is 4. The number of unbranched alkanes of at least 4 members (excludes halogenated alkanes) is 1. The van der Waals surface area contributed by atoms with Crippen LogP contribution in [0.3, 0.4) is 0 Å². The zero-order valence-corrected chi connectivity index (χ0v) is 13.3. The van der Waals surface area contributed by atoms with E-state index in [4.69, 9.17) is 16.9 Å². The van der Waals surface area contributed by atoms with Crippen LogP contribution < -0.4 is 16.4 Å². The largest absolute Gasteiger partial charge is 0.370 e. The highest BCUT2D eigenvalue weighted by Gasteiger charge is 2.08. The maximum Gasteiger partial charge on any atom is 0.212 e. The van der Waals surface area contributed by atoms with Crippen LogP contribution in [0.15, 0.2) is 34.6 Å². The van der Waals surface area contributed by atoms with Gasteiger partial charge in [0.25, 0.3) is 0 Å². The van der Waals surface area contributed by atoms with Crippen LogP contribution in [-0.4, -0.2) is 23.8 Å². The molecule has 6 nitrogen and oxygen atoms in total. The summed E-state index contributed by atoms with van der Waals surface area (Å²) in [4.78, 5) is 10.3. The van der Waals surface area contributed by atoms with Gasteiger partial charge in [-0.2, -0.15) is 4.99 Å². The third kappa shape index (κ3) is 4.05. The van der Waals surface area contributed by atoms with Gasteiger partial charge in [-0.1, -0.05) is 25.5 Å². The van der Waals surface area contributed by atoms with Gasteiger partial charge in [0.2, 0.25) is 5.13 Å². The van der Waals surface area contributed by atoms with Crippen molar-refractivity contribution in [1.29, 1.82) is 5.41 Å². The SMILES string of the molecule is CCCCN(C=N)c1cccc(-c2csc(N=C(N)N)n2)c1. The molecule has 1 aromatic carbocycles. The maximum absolute atomic E-state index is 7.57. The molecule has 1 heterocycles. The van der Waals surface area contributed by atoms with E-state index in [1.54, 1.807) is 0 Å². The second kappa shape index (κ2) is 7.56. The Hall–Kier alpha value is -2.41. The van der Waals surface area contributed by atoms with E-state index >= 15 is 0 Å². The Bertz CT molecular complexity index is 660. The number of nitrogens with one attached hydrogen (secondary N) is 1. The van der Waals surface area contributed by atoms with Crippen molar-refractivity contribution in [3.05, 3.63) is 29.6 Å². The first kappa shape index (κ1) is 16.0. The Labute approximate surface area is 134 Å². The Morgan fingerprint density at radius 2 is 2.27 bits per heavy atom. The van der Waals surface area contributed by atoms with Gasteiger partial charge in [0, 0.05) is 23.2 Å². The van der Waals surface area contributed by atoms with Crippen molar-refractivity contribution >= 4 is 34.5 Å². The van der Waals surface area contributed by atoms with E-state index in [-0.39, 0.29) is 5.96 Å². The first-order valence-corrected chi connectivity index (χ1v) is 7.95. The fraction of sp³-hybridized carbons (Fsp3) is 0.267. The van der Waals surface area contributed by atoms with Crippen molar-refractivity contribution in [2.45, 2.75) is 19.8 Å². The monoisotopic (exact) mass is 316 g/mol. The molecular weight excluding hydrogens is 296 g/mol. The van der Waals surface area contributed by atoms with Gasteiger partial charge in [-0.15, -0.1) is 11.3 Å². The quantitative estimate of drug-likeness (QED) is 0.539. The molecule has 2 rings (SSSR count). The standard InChI is InChI=1S/C15H20N6S/c1-2-3-7-21(10-16)12-6-4-5-11(8-12)13-9-22-15(19-13)20-14(17)18/h4-6,8-10,16H,2-3,7H2,1H3,(H4,17,18,19,20). The molecule has 0 unspecified atom stereocenters. The summed E-state index contributed by atoms with van der Waals surface area (Å²) in [6, 6.07) is 7.97. The second-order valence-electron chi connectivity index (χ2n) is 4.78. The zero-order valence-electron chi connectivity index (χ0n) is 12.5. The summed E-state index contributed by atoms with van der Waals surface area (Å²) in [6.07, 6.45) is 3.50. The highest BCUT2D eigenvalue weighted by Crippen LogP contribution is 2.29. The van der Waals surface area contributed by atoms with E-state index in [0.717, 1.165) is 36.3 Å². The highest BCUT2D eigenvalue weighted by atomic mass is 32.1. The van der Waals surface area contributed by atoms with Crippen molar-refractivity contribution in [3.63, 3.8) is 0 Å². The average Bonchev–Trinajstić information content (AvgIpc) is 2.96. The number of guanidine groups is 1. The van der Waals surface area contributed by atoms with Gasteiger partial charge in [0.05, 0.1) is 12.0 Å². The predicted molar refractivity (Wildman–Crippen MR) is 94.1 cm³/mol. The lowest BCUT2D eigenvalue weighted by Crippen LogP contribution is -2.21. The lowest BCUT2D eigenvalue weighted by atomic mass is 10.1. The maximum atomic E-state index is 7.57. The number of hydrogen-bond donors (Lipinski definition) is 3. The minimum atomic E-state index is 0.00389. The van der Waals surface area contributed by atoms with E-state index in [2.05, 4.69) is 16.9 Å². The third-order valence-electron chi connectivity index (χ3n) is 3.10. The van der Waals surface area contributed by atoms with Crippen molar-refractivity contribution in [1.82, 2.24) is 4.98 Å². The second-order valence-corrected chi connectivity index (χ2v) is 5.61. The van der Waals surface area contributed by atoms with Crippen LogP contribution in [0.4, 0.5) is 10.8 Å². The Balaban J connectivity index is 2.25. The molecule has 0 saturated heterocycles. The van der Waals surface area contributed by atoms with E-state index in [0.29, 0.717) is 5.13 Å². The minimum Gasteiger partial charge on any atom is -0.370 e. The molecule has 0 atom stereocenters. The summed E-state index contributed by atoms with van der Waals surface area (Å²) in [5, 5.41) is 10.0. The van der Waals surface area contributed by atoms with Crippen molar-refractivity contribution in [2.75, 3.05) is 11.4 Å². The van der Waals surface area contributed by atoms with E-state index in [9.17, 15) is 0 Å². The number of thiazole rings is 1. The van der Waals surface area contributed by atoms with Crippen LogP contribution in [0.2, 0.25) is 0 Å². The fourth-order valence-corrected chi connectivity index (χ4v) is 2.71. The molecule has 0 amide bonds. The Kier molecular flexibility index (Phi) is 5.48. The molecule has 116 valence electrons. The first-order chi connectivity index (χ1) is 10.6. The Morgan fingerprint density at radius 1 is 1.45 bits per heavy atom. The number of anilines is 1. The molecule has 0 bridgehead atoms. The number of nitrogens with zero attached hydrogens (tertiary/aromatic N) is 3. The topological polar surface area (TPSA) is 104 Å². The van der Waals surface area contributed by atoms with Crippen molar-refractivity contribution < 1.29 is 0 Å². The molecule has 0 aliphatic heterocycles. The van der Waals surface area contributed by atoms with E-state index in [1.165, 1.54) is 17.7 Å². The van der Waals surface area contributed by atoms with Crippen LogP contribution in [-0.2, 0) is 0 Å². The smallest absolute Gasteiger partial charge is 0.212 e. The molecule has 0 spiro atoms. The molecule has 0 aliphatic rings. The molecule has 2 aromatic rings. The van der Waals surface area contributed by atoms with Gasteiger partial charge in [-0.3, -0.25) is 5.41 Å². The van der Waals surface area contributed by atoms with Gasteiger partial charge >= 0.3 is 0 Å². The minimum absolute atomic E-state index is 0.00389. The summed E-state index contributed by atoms with van der Waals surface area (Å²) in [5.41, 5.74) is 13.5. The number of benzene rings is 1. The van der Waals surface area contributed by atoms with Gasteiger partial charge in [0.1, 0.15) is 0 Å². The number of aliphatic imine (C=N–C) groups is 1. The molecular formula is C15H20N6S. The fourth-order valence-electron chi connectivity index (χ4n) is 2.00. The van der Waals surface area contributed by atoms with Crippen LogP contribution >= 0.6 is 11.3 Å². The molecule has 1 aromatic heterocycles. The van der Waals surface area contributed by atoms with Gasteiger partial charge in [-0.25, -0.2) is 4.98 Å². The summed E-state index contributed by atoms with van der Waals surface area (Å²) >= 11 is 1.39. The van der Waals surface area contributed by atoms with Crippen LogP contribution in [0, 0.1) is 5.41 Å². The molecule has 0 saturated carbocycles. The summed E-state index contributed by atoms with van der Waals surface area (Å²) in [6.45, 7) is 2.97. The van der Waals surface area contributed by atoms with Gasteiger partial charge in [-0.05, 0) is 18.6 Å². The molecule has 7 heteroatoms. The lowest BCUT2D eigenvalue weighted by Gasteiger charge is -2.19. The van der Waals surface area contributed by atoms with E-state index < -0.39 is 0 Å². The number of rotatable bonds is 7. The zero-order chi connectivity index (χ0) is 15.9. The highest BCUT2D eigenvalue weighted by molar-refractivity contribution is 7.13. The van der Waals surface area contributed by atoms with Crippen LogP contribution in [0.1, 0.15) is 19.8 Å². The normalized spacial score (nSPS) is 10.2. The summed E-state index contributed by atoms with van der Waals surface area (Å²) in [5.74, 6) is 0.00389. The molecule has 0 aliphatic carbocycles. The summed E-state index contributed by atoms with van der Waals surface area (Å²) < 4.78 is 0. The molecule has 22 heavy (non-hydrogen) atoms. The first-order valence-electron chi connectivity index (χ1n) is 7.07. The summed E-state index contributed by atoms with van der Waals surface area (Å²) in [7, 11) is 0. The molecule has 0 fully saturated rings. The predicted octanol–water partition coefficient (Wildman–Crippen LogP) is 2.93. The molecule has 0 radical (unpaired) electrons. The van der Waals surface area contributed by atoms with E-state index in [1.807, 2.05) is 34.5 Å².